The summed E-state index contributed by atoms with van der Waals surface area (Å²) in [5, 5.41) is 0. The second-order valence-electron chi connectivity index (χ2n) is 3.06. The third-order valence-electron chi connectivity index (χ3n) is 1.97. The molecular formula is C9H12O4S. The summed E-state index contributed by atoms with van der Waals surface area (Å²) in [5.41, 5.74) is 1.14. The van der Waals surface area contributed by atoms with E-state index in [1.807, 2.05) is 0 Å². The molecule has 0 bridgehead atoms. The van der Waals surface area contributed by atoms with Crippen LogP contribution < -0.4 is 4.74 Å². The van der Waals surface area contributed by atoms with Gasteiger partial charge in [-0.15, -0.1) is 0 Å². The molecule has 1 rings (SSSR count). The maximum Gasteiger partial charge on any atom is 0.294 e. The van der Waals surface area contributed by atoms with Crippen LogP contribution in [0, 0.1) is 13.8 Å². The lowest BCUT2D eigenvalue weighted by Gasteiger charge is -2.08. The van der Waals surface area contributed by atoms with Crippen LogP contribution in [0.15, 0.2) is 17.0 Å². The van der Waals surface area contributed by atoms with E-state index in [0.29, 0.717) is 16.9 Å². The lowest BCUT2D eigenvalue weighted by atomic mass is 10.1. The van der Waals surface area contributed by atoms with Crippen LogP contribution in [0.5, 0.6) is 5.75 Å². The van der Waals surface area contributed by atoms with Gasteiger partial charge in [0.15, 0.2) is 0 Å². The zero-order valence-electron chi connectivity index (χ0n) is 8.23. The van der Waals surface area contributed by atoms with E-state index in [1.165, 1.54) is 13.2 Å². The quantitative estimate of drug-likeness (QED) is 0.762. The number of benzene rings is 1. The van der Waals surface area contributed by atoms with Crippen molar-refractivity contribution in [3.05, 3.63) is 23.3 Å². The van der Waals surface area contributed by atoms with Gasteiger partial charge in [0.2, 0.25) is 0 Å². The van der Waals surface area contributed by atoms with E-state index in [-0.39, 0.29) is 4.90 Å². The van der Waals surface area contributed by atoms with Gasteiger partial charge in [0.05, 0.1) is 12.0 Å². The first-order valence-electron chi connectivity index (χ1n) is 3.99. The molecule has 0 amide bonds. The highest BCUT2D eigenvalue weighted by Gasteiger charge is 2.15. The summed E-state index contributed by atoms with van der Waals surface area (Å²) in [4.78, 5) is -0.0733. The lowest BCUT2D eigenvalue weighted by Crippen LogP contribution is -2.02. The highest BCUT2D eigenvalue weighted by atomic mass is 32.2. The third-order valence-corrected chi connectivity index (χ3v) is 2.97. The van der Waals surface area contributed by atoms with Gasteiger partial charge in [-0.1, -0.05) is 0 Å². The van der Waals surface area contributed by atoms with Crippen molar-refractivity contribution in [2.75, 3.05) is 7.11 Å². The first-order valence-corrected chi connectivity index (χ1v) is 5.43. The summed E-state index contributed by atoms with van der Waals surface area (Å²) >= 11 is 0. The van der Waals surface area contributed by atoms with Crippen molar-refractivity contribution in [1.29, 1.82) is 0 Å². The van der Waals surface area contributed by atoms with Crippen LogP contribution in [0.3, 0.4) is 0 Å². The molecule has 0 radical (unpaired) electrons. The van der Waals surface area contributed by atoms with Crippen molar-refractivity contribution in [1.82, 2.24) is 0 Å². The predicted molar refractivity (Wildman–Crippen MR) is 52.3 cm³/mol. The molecule has 1 aromatic carbocycles. The van der Waals surface area contributed by atoms with Crippen LogP contribution in [0.25, 0.3) is 0 Å². The molecule has 14 heavy (non-hydrogen) atoms. The molecule has 5 heteroatoms. The van der Waals surface area contributed by atoms with Crippen LogP contribution in [-0.4, -0.2) is 20.1 Å². The van der Waals surface area contributed by atoms with E-state index < -0.39 is 10.1 Å². The summed E-state index contributed by atoms with van der Waals surface area (Å²) in [6.07, 6.45) is 0. The molecule has 0 aliphatic carbocycles. The molecule has 4 nitrogen and oxygen atoms in total. The summed E-state index contributed by atoms with van der Waals surface area (Å²) in [6, 6.07) is 2.97. The minimum absolute atomic E-state index is 0.0733. The summed E-state index contributed by atoms with van der Waals surface area (Å²) < 4.78 is 35.7. The Morgan fingerprint density at radius 1 is 1.21 bits per heavy atom. The molecule has 0 aliphatic rings. The zero-order valence-corrected chi connectivity index (χ0v) is 9.05. The zero-order chi connectivity index (χ0) is 10.9. The normalized spacial score (nSPS) is 11.4. The van der Waals surface area contributed by atoms with Crippen molar-refractivity contribution >= 4 is 10.1 Å². The minimum atomic E-state index is -4.14. The van der Waals surface area contributed by atoms with Crippen LogP contribution in [0.4, 0.5) is 0 Å². The highest BCUT2D eigenvalue weighted by Crippen LogP contribution is 2.25. The molecule has 0 fully saturated rings. The van der Waals surface area contributed by atoms with Crippen LogP contribution in [0.2, 0.25) is 0 Å². The molecule has 0 aliphatic heterocycles. The van der Waals surface area contributed by atoms with E-state index in [2.05, 4.69) is 0 Å². The van der Waals surface area contributed by atoms with Gasteiger partial charge in [-0.3, -0.25) is 4.55 Å². The van der Waals surface area contributed by atoms with Crippen molar-refractivity contribution < 1.29 is 17.7 Å². The fourth-order valence-corrected chi connectivity index (χ4v) is 2.05. The fourth-order valence-electron chi connectivity index (χ4n) is 1.26. The number of aryl methyl sites for hydroxylation is 2. The van der Waals surface area contributed by atoms with Crippen molar-refractivity contribution in [3.63, 3.8) is 0 Å². The molecule has 0 spiro atoms. The second-order valence-corrected chi connectivity index (χ2v) is 4.45. The lowest BCUT2D eigenvalue weighted by molar-refractivity contribution is 0.410. The fraction of sp³-hybridized carbons (Fsp3) is 0.333. The largest absolute Gasteiger partial charge is 0.496 e. The minimum Gasteiger partial charge on any atom is -0.496 e. The maximum absolute atomic E-state index is 10.9. The van der Waals surface area contributed by atoms with Gasteiger partial charge in [0.1, 0.15) is 5.75 Å². The van der Waals surface area contributed by atoms with Gasteiger partial charge in [-0.25, -0.2) is 0 Å². The highest BCUT2D eigenvalue weighted by molar-refractivity contribution is 7.85. The Kier molecular flexibility index (Phi) is 2.82. The third kappa shape index (κ3) is 2.05. The topological polar surface area (TPSA) is 63.6 Å². The number of rotatable bonds is 2. The van der Waals surface area contributed by atoms with Gasteiger partial charge in [0, 0.05) is 0 Å². The molecular weight excluding hydrogens is 204 g/mol. The molecule has 0 saturated heterocycles. The standard InChI is InChI=1S/C9H12O4S/c1-6-5-9(14(10,11)12)7(2)4-8(6)13-3/h4-5H,1-3H3,(H,10,11,12). The first kappa shape index (κ1) is 11.0. The van der Waals surface area contributed by atoms with E-state index in [1.54, 1.807) is 19.9 Å². The van der Waals surface area contributed by atoms with Gasteiger partial charge in [-0.05, 0) is 37.1 Å². The Morgan fingerprint density at radius 3 is 2.21 bits per heavy atom. The molecule has 1 N–H and O–H groups in total. The number of methoxy groups -OCH3 is 1. The van der Waals surface area contributed by atoms with Gasteiger partial charge in [0.25, 0.3) is 10.1 Å². The molecule has 1 aromatic rings. The Bertz CT molecular complexity index is 448. The molecule has 0 atom stereocenters. The van der Waals surface area contributed by atoms with Crippen LogP contribution in [0.1, 0.15) is 11.1 Å². The Balaban J connectivity index is 3.44. The number of hydrogen-bond acceptors (Lipinski definition) is 3. The summed E-state index contributed by atoms with van der Waals surface area (Å²) in [5.74, 6) is 0.606. The van der Waals surface area contributed by atoms with Crippen molar-refractivity contribution in [2.24, 2.45) is 0 Å². The molecule has 0 heterocycles. The smallest absolute Gasteiger partial charge is 0.294 e. The first-order chi connectivity index (χ1) is 6.36. The van der Waals surface area contributed by atoms with Crippen LogP contribution >= 0.6 is 0 Å². The van der Waals surface area contributed by atoms with Crippen molar-refractivity contribution in [2.45, 2.75) is 18.7 Å². The molecule has 0 aromatic heterocycles. The van der Waals surface area contributed by atoms with Crippen LogP contribution in [-0.2, 0) is 10.1 Å². The average Bonchev–Trinajstić information content (AvgIpc) is 2.06. The van der Waals surface area contributed by atoms with E-state index >= 15 is 0 Å². The SMILES string of the molecule is COc1cc(C)c(S(=O)(=O)O)cc1C. The van der Waals surface area contributed by atoms with E-state index in [4.69, 9.17) is 9.29 Å². The Morgan fingerprint density at radius 2 is 1.79 bits per heavy atom. The van der Waals surface area contributed by atoms with E-state index in [0.717, 1.165) is 0 Å². The van der Waals surface area contributed by atoms with Gasteiger partial charge >= 0.3 is 0 Å². The molecule has 78 valence electrons. The average molecular weight is 216 g/mol. The number of ether oxygens (including phenoxy) is 1. The number of hydrogen-bond donors (Lipinski definition) is 1. The Hall–Kier alpha value is -1.07. The monoisotopic (exact) mass is 216 g/mol. The predicted octanol–water partition coefficient (Wildman–Crippen LogP) is 1.56. The van der Waals surface area contributed by atoms with E-state index in [9.17, 15) is 8.42 Å². The van der Waals surface area contributed by atoms with Gasteiger partial charge in [-0.2, -0.15) is 8.42 Å². The van der Waals surface area contributed by atoms with Crippen molar-refractivity contribution in [3.8, 4) is 5.75 Å². The van der Waals surface area contributed by atoms with Gasteiger partial charge < -0.3 is 4.74 Å². The summed E-state index contributed by atoms with van der Waals surface area (Å²) in [7, 11) is -2.63. The second kappa shape index (κ2) is 3.59. The molecule has 0 unspecified atom stereocenters. The Labute approximate surface area is 83.3 Å². The molecule has 0 saturated carbocycles. The maximum atomic E-state index is 10.9. The summed E-state index contributed by atoms with van der Waals surface area (Å²) in [6.45, 7) is 3.32.